The monoisotopic (exact) mass is 351 g/mol. The zero-order chi connectivity index (χ0) is 20.7. The number of aldehydes is 1. The number of pyridine rings is 2. The van der Waals surface area contributed by atoms with Crippen molar-refractivity contribution in [3.05, 3.63) is 58.8 Å². The standard InChI is InChI=1S/C17H11F3N2O3/c1-22-8-14(12-4-5-21-7-13(12)16(22)24)10-2-3-11(9-23)15(6-10)25-17(18,19)20/h2-9H,1H3/i1D3. The Labute approximate surface area is 143 Å². The first-order chi connectivity index (χ1) is 13.0. The number of aromatic nitrogens is 2. The number of carbonyl (C=O) groups excluding carboxylic acids is 1. The third-order valence-electron chi connectivity index (χ3n) is 3.50. The smallest absolute Gasteiger partial charge is 0.405 e. The van der Waals surface area contributed by atoms with Gasteiger partial charge in [0.2, 0.25) is 0 Å². The van der Waals surface area contributed by atoms with E-state index in [0.717, 1.165) is 18.3 Å². The summed E-state index contributed by atoms with van der Waals surface area (Å²) < 4.78 is 64.9. The lowest BCUT2D eigenvalue weighted by Crippen LogP contribution is -2.18. The molecule has 2 aromatic heterocycles. The molecule has 2 heterocycles. The van der Waals surface area contributed by atoms with Gasteiger partial charge in [-0.15, -0.1) is 13.2 Å². The maximum atomic E-state index is 12.7. The predicted molar refractivity (Wildman–Crippen MR) is 84.5 cm³/mol. The quantitative estimate of drug-likeness (QED) is 0.679. The van der Waals surface area contributed by atoms with Crippen LogP contribution in [-0.2, 0) is 6.98 Å². The Balaban J connectivity index is 2.32. The number of nitrogens with zero attached hydrogens (tertiary/aromatic N) is 2. The molecule has 128 valence electrons. The molecule has 0 saturated carbocycles. The number of hydrogen-bond acceptors (Lipinski definition) is 4. The van der Waals surface area contributed by atoms with Crippen molar-refractivity contribution < 1.29 is 26.8 Å². The van der Waals surface area contributed by atoms with Gasteiger partial charge in [0.25, 0.3) is 5.56 Å². The van der Waals surface area contributed by atoms with Crippen LogP contribution >= 0.6 is 0 Å². The molecule has 5 nitrogen and oxygen atoms in total. The molecule has 0 amide bonds. The largest absolute Gasteiger partial charge is 0.573 e. The van der Waals surface area contributed by atoms with Gasteiger partial charge in [-0.05, 0) is 29.1 Å². The van der Waals surface area contributed by atoms with Gasteiger partial charge >= 0.3 is 6.36 Å². The first kappa shape index (κ1) is 13.2. The Bertz CT molecular complexity index is 1120. The van der Waals surface area contributed by atoms with Crippen LogP contribution in [0.2, 0.25) is 0 Å². The average Bonchev–Trinajstić information content (AvgIpc) is 2.60. The molecular formula is C17H11F3N2O3. The van der Waals surface area contributed by atoms with E-state index in [0.29, 0.717) is 4.57 Å². The highest BCUT2D eigenvalue weighted by atomic mass is 19.4. The highest BCUT2D eigenvalue weighted by Gasteiger charge is 2.32. The number of fused-ring (bicyclic) bond motifs is 1. The maximum absolute atomic E-state index is 12.7. The Kier molecular flexibility index (Phi) is 3.18. The fourth-order valence-corrected chi connectivity index (χ4v) is 2.43. The molecule has 0 aliphatic carbocycles. The second-order valence-corrected chi connectivity index (χ2v) is 5.06. The fourth-order valence-electron chi connectivity index (χ4n) is 2.43. The summed E-state index contributed by atoms with van der Waals surface area (Å²) in [6.45, 7) is -2.82. The normalized spacial score (nSPS) is 13.8. The van der Waals surface area contributed by atoms with E-state index in [1.807, 2.05) is 0 Å². The molecule has 0 aliphatic rings. The molecule has 0 aliphatic heterocycles. The topological polar surface area (TPSA) is 61.2 Å². The van der Waals surface area contributed by atoms with Crippen LogP contribution in [-0.4, -0.2) is 22.2 Å². The summed E-state index contributed by atoms with van der Waals surface area (Å²) in [5.74, 6) is -0.742. The van der Waals surface area contributed by atoms with E-state index < -0.39 is 24.6 Å². The number of hydrogen-bond donors (Lipinski definition) is 0. The number of rotatable bonds is 3. The fraction of sp³-hybridized carbons (Fsp3) is 0.118. The summed E-state index contributed by atoms with van der Waals surface area (Å²) in [6, 6.07) is 4.84. The van der Waals surface area contributed by atoms with E-state index in [1.165, 1.54) is 24.5 Å². The Morgan fingerprint density at radius 1 is 1.28 bits per heavy atom. The van der Waals surface area contributed by atoms with Crippen molar-refractivity contribution in [2.75, 3.05) is 0 Å². The average molecular weight is 351 g/mol. The number of ether oxygens (including phenoxy) is 1. The second kappa shape index (κ2) is 6.04. The highest BCUT2D eigenvalue weighted by Crippen LogP contribution is 2.33. The van der Waals surface area contributed by atoms with E-state index >= 15 is 0 Å². The first-order valence-electron chi connectivity index (χ1n) is 8.36. The van der Waals surface area contributed by atoms with Crippen molar-refractivity contribution in [1.82, 2.24) is 9.55 Å². The molecule has 0 atom stereocenters. The molecule has 25 heavy (non-hydrogen) atoms. The van der Waals surface area contributed by atoms with Crippen molar-refractivity contribution in [1.29, 1.82) is 0 Å². The van der Waals surface area contributed by atoms with Crippen molar-refractivity contribution in [3.8, 4) is 16.9 Å². The summed E-state index contributed by atoms with van der Waals surface area (Å²) >= 11 is 0. The third-order valence-corrected chi connectivity index (χ3v) is 3.50. The van der Waals surface area contributed by atoms with Crippen molar-refractivity contribution in [2.45, 2.75) is 6.36 Å². The van der Waals surface area contributed by atoms with Crippen molar-refractivity contribution in [2.24, 2.45) is 6.98 Å². The van der Waals surface area contributed by atoms with Gasteiger partial charge in [-0.2, -0.15) is 0 Å². The zero-order valence-corrected chi connectivity index (χ0v) is 12.4. The van der Waals surface area contributed by atoms with E-state index in [4.69, 9.17) is 4.11 Å². The maximum Gasteiger partial charge on any atom is 0.573 e. The van der Waals surface area contributed by atoms with Gasteiger partial charge in [0.1, 0.15) is 5.75 Å². The summed E-state index contributed by atoms with van der Waals surface area (Å²) in [5, 5.41) is 0.270. The first-order valence-corrected chi connectivity index (χ1v) is 6.86. The predicted octanol–water partition coefficient (Wildman–Crippen LogP) is 3.31. The molecule has 0 radical (unpaired) electrons. The lowest BCUT2D eigenvalue weighted by atomic mass is 10.00. The van der Waals surface area contributed by atoms with Gasteiger partial charge in [-0.25, -0.2) is 0 Å². The molecule has 3 aromatic rings. The molecule has 1 aromatic carbocycles. The summed E-state index contributed by atoms with van der Waals surface area (Å²) in [6.07, 6.45) is -1.25. The number of carbonyl (C=O) groups is 1. The lowest BCUT2D eigenvalue weighted by molar-refractivity contribution is -0.274. The SMILES string of the molecule is [2H]C([2H])([2H])n1cc(-c2ccc(C=O)c(OC(F)(F)F)c2)c2ccncc2c1=O. The van der Waals surface area contributed by atoms with E-state index in [9.17, 15) is 22.8 Å². The van der Waals surface area contributed by atoms with Crippen LogP contribution in [0, 0.1) is 0 Å². The van der Waals surface area contributed by atoms with Crippen LogP contribution in [0.5, 0.6) is 5.75 Å². The van der Waals surface area contributed by atoms with Crippen LogP contribution in [0.25, 0.3) is 21.9 Å². The molecule has 0 fully saturated rings. The van der Waals surface area contributed by atoms with Crippen molar-refractivity contribution in [3.63, 3.8) is 0 Å². The molecule has 0 spiro atoms. The van der Waals surface area contributed by atoms with Gasteiger partial charge in [0, 0.05) is 35.2 Å². The number of benzene rings is 1. The van der Waals surface area contributed by atoms with Crippen LogP contribution < -0.4 is 10.3 Å². The van der Waals surface area contributed by atoms with Crippen molar-refractivity contribution >= 4 is 17.1 Å². The molecule has 0 unspecified atom stereocenters. The molecule has 3 rings (SSSR count). The Morgan fingerprint density at radius 3 is 2.76 bits per heavy atom. The molecule has 0 N–H and O–H groups in total. The van der Waals surface area contributed by atoms with Gasteiger partial charge in [-0.1, -0.05) is 6.07 Å². The number of alkyl halides is 3. The summed E-state index contributed by atoms with van der Waals surface area (Å²) in [4.78, 5) is 27.3. The van der Waals surface area contributed by atoms with E-state index in [-0.39, 0.29) is 33.7 Å². The van der Waals surface area contributed by atoms with Crippen LogP contribution in [0.4, 0.5) is 13.2 Å². The molecule has 0 saturated heterocycles. The zero-order valence-electron chi connectivity index (χ0n) is 15.4. The lowest BCUT2D eigenvalue weighted by Gasteiger charge is -2.14. The summed E-state index contributed by atoms with van der Waals surface area (Å²) in [5.41, 5.74) is -0.865. The van der Waals surface area contributed by atoms with E-state index in [2.05, 4.69) is 9.72 Å². The minimum absolute atomic E-state index is 0.0196. The molecule has 0 bridgehead atoms. The van der Waals surface area contributed by atoms with Gasteiger partial charge in [0.15, 0.2) is 6.29 Å². The Morgan fingerprint density at radius 2 is 2.08 bits per heavy atom. The minimum atomic E-state index is -5.03. The van der Waals surface area contributed by atoms with Crippen LogP contribution in [0.1, 0.15) is 14.5 Å². The molecular weight excluding hydrogens is 337 g/mol. The van der Waals surface area contributed by atoms with E-state index in [1.54, 1.807) is 0 Å². The van der Waals surface area contributed by atoms with Gasteiger partial charge in [0.05, 0.1) is 10.9 Å². The van der Waals surface area contributed by atoms with Crippen LogP contribution in [0.15, 0.2) is 47.7 Å². The minimum Gasteiger partial charge on any atom is -0.405 e. The number of aryl methyl sites for hydroxylation is 1. The third kappa shape index (κ3) is 3.23. The van der Waals surface area contributed by atoms with Gasteiger partial charge < -0.3 is 9.30 Å². The molecule has 8 heteroatoms. The van der Waals surface area contributed by atoms with Crippen LogP contribution in [0.3, 0.4) is 0 Å². The Hall–Kier alpha value is -3.16. The highest BCUT2D eigenvalue weighted by molar-refractivity contribution is 5.96. The number of halogens is 3. The summed E-state index contributed by atoms with van der Waals surface area (Å²) in [7, 11) is 0. The second-order valence-electron chi connectivity index (χ2n) is 5.06. The van der Waals surface area contributed by atoms with Gasteiger partial charge in [-0.3, -0.25) is 14.6 Å².